The number of amides is 3. The van der Waals surface area contributed by atoms with Gasteiger partial charge in [0.2, 0.25) is 11.8 Å². The molecule has 0 aromatic heterocycles. The number of carbonyl (C=O) groups excluding carboxylic acids is 3. The van der Waals surface area contributed by atoms with Gasteiger partial charge in [-0.2, -0.15) is 0 Å². The zero-order valence-electron chi connectivity index (χ0n) is 21.7. The SMILES string of the molecule is O=C1C[C@H](c2cc(Cl)ccc2OCC(=O)N2CCCC2)[C@@]2(C(=O)Nc3cc(Cl)ccc32)C(c2cc(F)ccc2F)N1. The minimum Gasteiger partial charge on any atom is -0.483 e. The number of rotatable bonds is 5. The number of nitrogens with zero attached hydrogens (tertiary/aromatic N) is 1. The van der Waals surface area contributed by atoms with E-state index >= 15 is 4.39 Å². The number of carbonyl (C=O) groups is 3. The smallest absolute Gasteiger partial charge is 0.260 e. The molecule has 2 N–H and O–H groups in total. The first kappa shape index (κ1) is 27.5. The van der Waals surface area contributed by atoms with Crippen molar-refractivity contribution in [2.24, 2.45) is 0 Å². The highest BCUT2D eigenvalue weighted by Crippen LogP contribution is 2.59. The summed E-state index contributed by atoms with van der Waals surface area (Å²) in [6.07, 6.45) is 1.65. The van der Waals surface area contributed by atoms with Gasteiger partial charge in [-0.05, 0) is 66.9 Å². The monoisotopic (exact) mass is 599 g/mol. The lowest BCUT2D eigenvalue weighted by Crippen LogP contribution is -2.57. The summed E-state index contributed by atoms with van der Waals surface area (Å²) in [6, 6.07) is 11.2. The molecule has 0 aliphatic carbocycles. The van der Waals surface area contributed by atoms with Crippen molar-refractivity contribution in [1.82, 2.24) is 10.2 Å². The highest BCUT2D eigenvalue weighted by Gasteiger charge is 2.62. The topological polar surface area (TPSA) is 87.7 Å². The lowest BCUT2D eigenvalue weighted by molar-refractivity contribution is -0.133. The van der Waals surface area contributed by atoms with Gasteiger partial charge in [0.25, 0.3) is 5.91 Å². The Bertz CT molecular complexity index is 1580. The fourth-order valence-electron chi connectivity index (χ4n) is 6.38. The first-order valence-electron chi connectivity index (χ1n) is 13.2. The minimum absolute atomic E-state index is 0.183. The van der Waals surface area contributed by atoms with E-state index in [9.17, 15) is 18.8 Å². The molecule has 3 aliphatic rings. The van der Waals surface area contributed by atoms with E-state index in [1.807, 2.05) is 0 Å². The molecule has 3 aromatic rings. The number of halogens is 4. The van der Waals surface area contributed by atoms with Crippen molar-refractivity contribution >= 4 is 46.6 Å². The number of benzene rings is 3. The molecular weight excluding hydrogens is 575 g/mol. The van der Waals surface area contributed by atoms with Gasteiger partial charge in [-0.3, -0.25) is 14.4 Å². The van der Waals surface area contributed by atoms with Gasteiger partial charge in [0.1, 0.15) is 22.8 Å². The van der Waals surface area contributed by atoms with Gasteiger partial charge < -0.3 is 20.3 Å². The van der Waals surface area contributed by atoms with Gasteiger partial charge in [-0.15, -0.1) is 0 Å². The quantitative estimate of drug-likeness (QED) is 0.405. The van der Waals surface area contributed by atoms with E-state index in [2.05, 4.69) is 10.6 Å². The van der Waals surface area contributed by atoms with Crippen LogP contribution in [0.1, 0.15) is 47.9 Å². The normalized spacial score (nSPS) is 23.4. The Morgan fingerprint density at radius 3 is 2.49 bits per heavy atom. The number of anilines is 1. The summed E-state index contributed by atoms with van der Waals surface area (Å²) in [6.45, 7) is 1.06. The molecule has 6 rings (SSSR count). The number of fused-ring (bicyclic) bond motifs is 2. The summed E-state index contributed by atoms with van der Waals surface area (Å²) in [5, 5.41) is 6.28. The number of likely N-dealkylation sites (tertiary alicyclic amines) is 1. The lowest BCUT2D eigenvalue weighted by Gasteiger charge is -2.46. The van der Waals surface area contributed by atoms with Crippen LogP contribution in [-0.4, -0.2) is 42.3 Å². The Morgan fingerprint density at radius 2 is 1.71 bits per heavy atom. The van der Waals surface area contributed by atoms with Crippen LogP contribution in [0.15, 0.2) is 54.6 Å². The summed E-state index contributed by atoms with van der Waals surface area (Å²) >= 11 is 12.7. The lowest BCUT2D eigenvalue weighted by atomic mass is 9.59. The molecule has 41 heavy (non-hydrogen) atoms. The van der Waals surface area contributed by atoms with E-state index in [1.165, 1.54) is 0 Å². The van der Waals surface area contributed by atoms with Crippen molar-refractivity contribution in [1.29, 1.82) is 0 Å². The first-order valence-corrected chi connectivity index (χ1v) is 14.0. The van der Waals surface area contributed by atoms with Crippen molar-refractivity contribution in [2.75, 3.05) is 25.0 Å². The molecule has 1 spiro atoms. The molecule has 3 heterocycles. The zero-order valence-corrected chi connectivity index (χ0v) is 23.2. The molecule has 7 nitrogen and oxygen atoms in total. The molecule has 3 amide bonds. The molecule has 0 bridgehead atoms. The van der Waals surface area contributed by atoms with Crippen LogP contribution in [0.25, 0.3) is 0 Å². The molecule has 11 heteroatoms. The summed E-state index contributed by atoms with van der Waals surface area (Å²) in [5.41, 5.74) is -0.607. The van der Waals surface area contributed by atoms with E-state index in [0.717, 1.165) is 31.0 Å². The summed E-state index contributed by atoms with van der Waals surface area (Å²) < 4.78 is 35.9. The van der Waals surface area contributed by atoms with Crippen molar-refractivity contribution in [3.05, 3.63) is 93.0 Å². The van der Waals surface area contributed by atoms with Crippen LogP contribution in [-0.2, 0) is 19.8 Å². The molecule has 0 saturated carbocycles. The third kappa shape index (κ3) is 4.71. The van der Waals surface area contributed by atoms with Crippen molar-refractivity contribution in [2.45, 2.75) is 36.6 Å². The van der Waals surface area contributed by atoms with E-state index < -0.39 is 40.8 Å². The van der Waals surface area contributed by atoms with E-state index in [4.69, 9.17) is 27.9 Å². The maximum absolute atomic E-state index is 15.4. The fraction of sp³-hybridized carbons (Fsp3) is 0.300. The standard InChI is InChI=1S/C30H25Cl2F2N3O4/c31-16-4-8-25(41-15-27(39)37-9-1-2-10-37)19(11-16)22-14-26(38)36-28(20-13-18(33)5-7-23(20)34)30(22)21-6-3-17(32)12-24(21)35-29(30)40/h3-8,11-13,22,28H,1-2,9-10,14-15H2,(H,35,40)(H,36,38)/t22-,28?,30-/m1/s1. The number of ether oxygens (including phenoxy) is 1. The second-order valence-corrected chi connectivity index (χ2v) is 11.4. The molecule has 212 valence electrons. The zero-order chi connectivity index (χ0) is 28.9. The number of hydrogen-bond acceptors (Lipinski definition) is 4. The van der Waals surface area contributed by atoms with E-state index in [0.29, 0.717) is 39.9 Å². The first-order chi connectivity index (χ1) is 19.7. The molecule has 3 aliphatic heterocycles. The van der Waals surface area contributed by atoms with Crippen LogP contribution in [0.5, 0.6) is 5.75 Å². The average Bonchev–Trinajstić information content (AvgIpc) is 3.57. The fourth-order valence-corrected chi connectivity index (χ4v) is 6.73. The highest BCUT2D eigenvalue weighted by molar-refractivity contribution is 6.31. The second-order valence-electron chi connectivity index (χ2n) is 10.5. The van der Waals surface area contributed by atoms with Crippen molar-refractivity contribution < 1.29 is 27.9 Å². The molecule has 3 aromatic carbocycles. The predicted molar refractivity (Wildman–Crippen MR) is 149 cm³/mol. The van der Waals surface area contributed by atoms with Crippen LogP contribution < -0.4 is 15.4 Å². The molecule has 1 unspecified atom stereocenters. The number of nitrogens with one attached hydrogen (secondary N) is 2. The van der Waals surface area contributed by atoms with Crippen LogP contribution in [0.2, 0.25) is 10.0 Å². The van der Waals surface area contributed by atoms with Crippen LogP contribution in [0.4, 0.5) is 14.5 Å². The van der Waals surface area contributed by atoms with Gasteiger partial charge in [0, 0.05) is 52.3 Å². The number of hydrogen-bond donors (Lipinski definition) is 2. The minimum atomic E-state index is -1.65. The second kappa shape index (κ2) is 10.6. The number of piperidine rings is 1. The maximum atomic E-state index is 15.4. The molecular formula is C30H25Cl2F2N3O4. The Labute approximate surface area is 244 Å². The Morgan fingerprint density at radius 1 is 0.976 bits per heavy atom. The van der Waals surface area contributed by atoms with Gasteiger partial charge in [0.15, 0.2) is 6.61 Å². The van der Waals surface area contributed by atoms with Gasteiger partial charge in [-0.25, -0.2) is 8.78 Å². The van der Waals surface area contributed by atoms with Gasteiger partial charge in [0.05, 0.1) is 6.04 Å². The van der Waals surface area contributed by atoms with Crippen molar-refractivity contribution in [3.8, 4) is 5.75 Å². The van der Waals surface area contributed by atoms with Crippen LogP contribution in [0, 0.1) is 11.6 Å². The van der Waals surface area contributed by atoms with Gasteiger partial charge in [-0.1, -0.05) is 29.3 Å². The molecule has 3 atom stereocenters. The largest absolute Gasteiger partial charge is 0.483 e. The molecule has 2 fully saturated rings. The Hall–Kier alpha value is -3.69. The summed E-state index contributed by atoms with van der Waals surface area (Å²) in [7, 11) is 0. The van der Waals surface area contributed by atoms with Crippen LogP contribution in [0.3, 0.4) is 0 Å². The van der Waals surface area contributed by atoms with E-state index in [1.54, 1.807) is 41.3 Å². The summed E-state index contributed by atoms with van der Waals surface area (Å²) in [4.78, 5) is 41.9. The third-order valence-corrected chi connectivity index (χ3v) is 8.65. The third-order valence-electron chi connectivity index (χ3n) is 8.18. The van der Waals surface area contributed by atoms with Gasteiger partial charge >= 0.3 is 0 Å². The molecule has 2 saturated heterocycles. The van der Waals surface area contributed by atoms with Crippen molar-refractivity contribution in [3.63, 3.8) is 0 Å². The Balaban J connectivity index is 1.53. The average molecular weight is 600 g/mol. The Kier molecular flexibility index (Phi) is 7.11. The van der Waals surface area contributed by atoms with Crippen LogP contribution >= 0.6 is 23.2 Å². The predicted octanol–water partition coefficient (Wildman–Crippen LogP) is 5.51. The summed E-state index contributed by atoms with van der Waals surface area (Å²) in [5.74, 6) is -3.40. The van der Waals surface area contributed by atoms with E-state index in [-0.39, 0.29) is 30.2 Å². The maximum Gasteiger partial charge on any atom is 0.260 e. The molecule has 0 radical (unpaired) electrons. The highest BCUT2D eigenvalue weighted by atomic mass is 35.5.